The van der Waals surface area contributed by atoms with Crippen molar-refractivity contribution in [3.63, 3.8) is 0 Å². The van der Waals surface area contributed by atoms with Crippen LogP contribution in [0, 0.1) is 13.8 Å². The van der Waals surface area contributed by atoms with E-state index in [1.807, 2.05) is 30.3 Å². The molecule has 136 valence electrons. The first-order valence-corrected chi connectivity index (χ1v) is 9.55. The summed E-state index contributed by atoms with van der Waals surface area (Å²) in [5, 5.41) is 17.3. The fourth-order valence-corrected chi connectivity index (χ4v) is 3.52. The first-order valence-electron chi connectivity index (χ1n) is 8.19. The minimum Gasteiger partial charge on any atom is -0.338 e. The highest BCUT2D eigenvalue weighted by molar-refractivity contribution is 7.98. The van der Waals surface area contributed by atoms with Crippen molar-refractivity contribution < 1.29 is 4.52 Å². The number of aromatic nitrogens is 6. The minimum atomic E-state index is 0.447. The number of hydrogen-bond donors (Lipinski definition) is 0. The lowest BCUT2D eigenvalue weighted by atomic mass is 10.1. The molecule has 0 unspecified atom stereocenters. The number of halogens is 1. The van der Waals surface area contributed by atoms with Crippen molar-refractivity contribution in [3.8, 4) is 17.1 Å². The molecule has 27 heavy (non-hydrogen) atoms. The van der Waals surface area contributed by atoms with Gasteiger partial charge in [-0.1, -0.05) is 52.8 Å². The van der Waals surface area contributed by atoms with Crippen LogP contribution in [0.15, 0.2) is 52.1 Å². The predicted molar refractivity (Wildman–Crippen MR) is 103 cm³/mol. The first-order chi connectivity index (χ1) is 13.1. The molecule has 9 heteroatoms. The second kappa shape index (κ2) is 7.50. The summed E-state index contributed by atoms with van der Waals surface area (Å²) in [6.45, 7) is 4.11. The highest BCUT2D eigenvalue weighted by Gasteiger charge is 2.15. The molecule has 0 aliphatic rings. The van der Waals surface area contributed by atoms with Crippen LogP contribution in [0.3, 0.4) is 0 Å². The van der Waals surface area contributed by atoms with Crippen molar-refractivity contribution in [3.05, 3.63) is 64.5 Å². The number of aryl methyl sites for hydroxylation is 1. The van der Waals surface area contributed by atoms with Crippen molar-refractivity contribution in [2.45, 2.75) is 24.8 Å². The van der Waals surface area contributed by atoms with Crippen LogP contribution < -0.4 is 0 Å². The van der Waals surface area contributed by atoms with Crippen molar-refractivity contribution in [1.29, 1.82) is 0 Å². The summed E-state index contributed by atoms with van der Waals surface area (Å²) < 4.78 is 7.06. The Hall–Kier alpha value is -2.71. The molecule has 0 bridgehead atoms. The Morgan fingerprint density at radius 3 is 2.81 bits per heavy atom. The van der Waals surface area contributed by atoms with Gasteiger partial charge >= 0.3 is 0 Å². The lowest BCUT2D eigenvalue weighted by Gasteiger charge is -2.08. The molecule has 2 heterocycles. The second-order valence-electron chi connectivity index (χ2n) is 5.87. The van der Waals surface area contributed by atoms with Gasteiger partial charge in [0.2, 0.25) is 16.9 Å². The van der Waals surface area contributed by atoms with Gasteiger partial charge in [-0.05, 0) is 53.6 Å². The average Bonchev–Trinajstić information content (AvgIpc) is 3.32. The van der Waals surface area contributed by atoms with Crippen molar-refractivity contribution in [1.82, 2.24) is 30.3 Å². The van der Waals surface area contributed by atoms with Gasteiger partial charge < -0.3 is 4.52 Å². The maximum absolute atomic E-state index is 6.19. The molecule has 0 aliphatic carbocycles. The highest BCUT2D eigenvalue weighted by atomic mass is 35.5. The highest BCUT2D eigenvalue weighted by Crippen LogP contribution is 2.27. The molecule has 7 nitrogen and oxygen atoms in total. The van der Waals surface area contributed by atoms with E-state index in [4.69, 9.17) is 16.1 Å². The number of benzene rings is 2. The zero-order chi connectivity index (χ0) is 18.8. The fraction of sp³-hybridized carbons (Fsp3) is 0.167. The van der Waals surface area contributed by atoms with E-state index in [2.05, 4.69) is 45.6 Å². The van der Waals surface area contributed by atoms with E-state index in [0.29, 0.717) is 27.6 Å². The topological polar surface area (TPSA) is 82.5 Å². The van der Waals surface area contributed by atoms with Crippen LogP contribution in [0.1, 0.15) is 17.0 Å². The summed E-state index contributed by atoms with van der Waals surface area (Å²) in [4.78, 5) is 4.41. The van der Waals surface area contributed by atoms with Gasteiger partial charge in [-0.25, -0.2) is 0 Å². The molecule has 0 radical (unpaired) electrons. The largest absolute Gasteiger partial charge is 0.338 e. The zero-order valence-corrected chi connectivity index (χ0v) is 16.2. The molecule has 0 atom stereocenters. The zero-order valence-electron chi connectivity index (χ0n) is 14.6. The van der Waals surface area contributed by atoms with Gasteiger partial charge in [-0.3, -0.25) is 0 Å². The minimum absolute atomic E-state index is 0.447. The molecule has 0 saturated heterocycles. The molecular formula is C18H15ClN6OS. The summed E-state index contributed by atoms with van der Waals surface area (Å²) in [5.41, 5.74) is 4.00. The van der Waals surface area contributed by atoms with Crippen molar-refractivity contribution in [2.75, 3.05) is 0 Å². The van der Waals surface area contributed by atoms with E-state index < -0.39 is 0 Å². The monoisotopic (exact) mass is 398 g/mol. The molecule has 0 spiro atoms. The molecule has 0 N–H and O–H groups in total. The number of rotatable bonds is 5. The summed E-state index contributed by atoms with van der Waals surface area (Å²) >= 11 is 7.61. The van der Waals surface area contributed by atoms with Crippen LogP contribution in [0.2, 0.25) is 5.02 Å². The second-order valence-corrected chi connectivity index (χ2v) is 7.22. The van der Waals surface area contributed by atoms with E-state index in [0.717, 1.165) is 16.8 Å². The third kappa shape index (κ3) is 3.58. The maximum Gasteiger partial charge on any atom is 0.237 e. The van der Waals surface area contributed by atoms with Gasteiger partial charge in [-0.2, -0.15) is 9.67 Å². The SMILES string of the molecule is Cc1cccc(-n2nnnc2SCc2nc(-c3ccccc3Cl)no2)c1C. The van der Waals surface area contributed by atoms with E-state index in [-0.39, 0.29) is 0 Å². The normalized spacial score (nSPS) is 11.1. The molecule has 0 amide bonds. The van der Waals surface area contributed by atoms with Crippen LogP contribution in [-0.2, 0) is 5.75 Å². The van der Waals surface area contributed by atoms with Gasteiger partial charge in [-0.15, -0.1) is 5.10 Å². The van der Waals surface area contributed by atoms with E-state index in [9.17, 15) is 0 Å². The predicted octanol–water partition coefficient (Wildman–Crippen LogP) is 4.27. The summed E-state index contributed by atoms with van der Waals surface area (Å²) in [6, 6.07) is 13.4. The third-order valence-corrected chi connectivity index (χ3v) is 5.39. The van der Waals surface area contributed by atoms with Crippen LogP contribution in [0.4, 0.5) is 0 Å². The van der Waals surface area contributed by atoms with Crippen molar-refractivity contribution in [2.24, 2.45) is 0 Å². The Morgan fingerprint density at radius 2 is 1.96 bits per heavy atom. The Kier molecular flexibility index (Phi) is 4.91. The van der Waals surface area contributed by atoms with Crippen molar-refractivity contribution >= 4 is 23.4 Å². The number of thioether (sulfide) groups is 1. The molecule has 2 aromatic heterocycles. The van der Waals surface area contributed by atoms with E-state index >= 15 is 0 Å². The van der Waals surface area contributed by atoms with Gasteiger partial charge in [0.05, 0.1) is 16.5 Å². The lowest BCUT2D eigenvalue weighted by Crippen LogP contribution is -2.02. The Bertz CT molecular complexity index is 1090. The number of nitrogens with zero attached hydrogens (tertiary/aromatic N) is 6. The summed E-state index contributed by atoms with van der Waals surface area (Å²) in [7, 11) is 0. The van der Waals surface area contributed by atoms with Gasteiger partial charge in [0.25, 0.3) is 0 Å². The number of hydrogen-bond acceptors (Lipinski definition) is 7. The molecule has 2 aromatic carbocycles. The summed E-state index contributed by atoms with van der Waals surface area (Å²) in [5.74, 6) is 1.39. The first kappa shape index (κ1) is 17.7. The Labute approximate surface area is 164 Å². The smallest absolute Gasteiger partial charge is 0.237 e. The Morgan fingerprint density at radius 1 is 1.11 bits per heavy atom. The molecule has 0 aliphatic heterocycles. The fourth-order valence-electron chi connectivity index (χ4n) is 2.58. The Balaban J connectivity index is 1.54. The molecule has 4 rings (SSSR count). The lowest BCUT2D eigenvalue weighted by molar-refractivity contribution is 0.391. The molecule has 0 fully saturated rings. The molecule has 4 aromatic rings. The van der Waals surface area contributed by atoms with Crippen LogP contribution in [-0.4, -0.2) is 30.3 Å². The van der Waals surface area contributed by atoms with E-state index in [1.54, 1.807) is 10.7 Å². The summed E-state index contributed by atoms with van der Waals surface area (Å²) in [6.07, 6.45) is 0. The van der Waals surface area contributed by atoms with E-state index in [1.165, 1.54) is 17.3 Å². The van der Waals surface area contributed by atoms with Gasteiger partial charge in [0.15, 0.2) is 0 Å². The van der Waals surface area contributed by atoms with Crippen LogP contribution in [0.25, 0.3) is 17.1 Å². The number of tetrazole rings is 1. The molecular weight excluding hydrogens is 384 g/mol. The third-order valence-electron chi connectivity index (χ3n) is 4.15. The average molecular weight is 399 g/mol. The van der Waals surface area contributed by atoms with Gasteiger partial charge in [0, 0.05) is 5.56 Å². The van der Waals surface area contributed by atoms with Crippen LogP contribution in [0.5, 0.6) is 0 Å². The molecule has 0 saturated carbocycles. The van der Waals surface area contributed by atoms with Gasteiger partial charge in [0.1, 0.15) is 0 Å². The quantitative estimate of drug-likeness (QED) is 0.464. The standard InChI is InChI=1S/C18H15ClN6OS/c1-11-6-5-9-15(12(11)2)25-18(21-23-24-25)27-10-16-20-17(22-26-16)13-7-3-4-8-14(13)19/h3-9H,10H2,1-2H3. The van der Waals surface area contributed by atoms with Crippen LogP contribution >= 0.6 is 23.4 Å². The maximum atomic E-state index is 6.19.